The largest absolute Gasteiger partial charge is 0.508 e. The van der Waals surface area contributed by atoms with Gasteiger partial charge in [-0.3, -0.25) is 4.79 Å². The molecular weight excluding hydrogens is 308 g/mol. The first-order chi connectivity index (χ1) is 11.2. The van der Waals surface area contributed by atoms with Gasteiger partial charge in [0.1, 0.15) is 17.4 Å². The topological polar surface area (TPSA) is 87.7 Å². The lowest BCUT2D eigenvalue weighted by molar-refractivity contribution is -0.158. The Hall–Kier alpha value is -2.08. The Morgan fingerprint density at radius 3 is 2.54 bits per heavy atom. The van der Waals surface area contributed by atoms with Gasteiger partial charge in [-0.05, 0) is 57.9 Å². The van der Waals surface area contributed by atoms with Gasteiger partial charge in [0.2, 0.25) is 5.91 Å². The predicted molar refractivity (Wildman–Crippen MR) is 90.6 cm³/mol. The minimum Gasteiger partial charge on any atom is -0.508 e. The number of phenolic OH excluding ortho intramolecular Hbond substituents is 1. The highest BCUT2D eigenvalue weighted by molar-refractivity contribution is 5.88. The van der Waals surface area contributed by atoms with Crippen LogP contribution in [0.4, 0.5) is 0 Å². The van der Waals surface area contributed by atoms with E-state index in [1.165, 1.54) is 0 Å². The Balaban J connectivity index is 2.08. The Kier molecular flexibility index (Phi) is 5.83. The highest BCUT2D eigenvalue weighted by Gasteiger charge is 2.30. The lowest BCUT2D eigenvalue weighted by atomic mass is 10.0. The van der Waals surface area contributed by atoms with Gasteiger partial charge in [-0.1, -0.05) is 12.1 Å². The van der Waals surface area contributed by atoms with Crippen molar-refractivity contribution < 1.29 is 19.4 Å². The van der Waals surface area contributed by atoms with E-state index in [1.807, 2.05) is 0 Å². The average molecular weight is 334 g/mol. The van der Waals surface area contributed by atoms with Gasteiger partial charge >= 0.3 is 5.97 Å². The minimum absolute atomic E-state index is 0.159. The summed E-state index contributed by atoms with van der Waals surface area (Å²) in [6.07, 6.45) is 2.03. The van der Waals surface area contributed by atoms with Gasteiger partial charge in [-0.2, -0.15) is 0 Å². The molecule has 1 aliphatic rings. The lowest BCUT2D eigenvalue weighted by Gasteiger charge is -2.25. The lowest BCUT2D eigenvalue weighted by Crippen LogP contribution is -2.50. The van der Waals surface area contributed by atoms with E-state index in [2.05, 4.69) is 10.6 Å². The second-order valence-corrected chi connectivity index (χ2v) is 7.11. The van der Waals surface area contributed by atoms with Crippen LogP contribution in [0.5, 0.6) is 5.75 Å². The van der Waals surface area contributed by atoms with Crippen LogP contribution in [0.3, 0.4) is 0 Å². The number of rotatable bonds is 5. The molecule has 1 aliphatic heterocycles. The molecule has 6 nitrogen and oxygen atoms in total. The van der Waals surface area contributed by atoms with Gasteiger partial charge in [-0.15, -0.1) is 0 Å². The highest BCUT2D eigenvalue weighted by atomic mass is 16.6. The van der Waals surface area contributed by atoms with Crippen LogP contribution in [0.15, 0.2) is 24.3 Å². The number of hydrogen-bond acceptors (Lipinski definition) is 5. The summed E-state index contributed by atoms with van der Waals surface area (Å²) in [7, 11) is 0. The molecule has 1 aromatic rings. The number of amides is 1. The minimum atomic E-state index is -0.760. The molecule has 6 heteroatoms. The molecule has 0 bridgehead atoms. The molecule has 0 aliphatic carbocycles. The fraction of sp³-hybridized carbons (Fsp3) is 0.556. The summed E-state index contributed by atoms with van der Waals surface area (Å²) in [5.74, 6) is -0.476. The maximum atomic E-state index is 12.5. The Bertz CT molecular complexity index is 572. The van der Waals surface area contributed by atoms with Crippen LogP contribution >= 0.6 is 0 Å². The van der Waals surface area contributed by atoms with E-state index >= 15 is 0 Å². The monoisotopic (exact) mass is 334 g/mol. The smallest absolute Gasteiger partial charge is 0.329 e. The van der Waals surface area contributed by atoms with Crippen LogP contribution in [0.1, 0.15) is 39.2 Å². The molecule has 1 amide bonds. The maximum Gasteiger partial charge on any atom is 0.329 e. The first-order valence-corrected chi connectivity index (χ1v) is 8.29. The molecule has 24 heavy (non-hydrogen) atoms. The molecule has 3 N–H and O–H groups in total. The molecule has 1 aromatic carbocycles. The predicted octanol–water partition coefficient (Wildman–Crippen LogP) is 1.51. The SMILES string of the molecule is CC(C)(C)OC(=O)[C@H](Cc1ccc(O)cc1)NC(=O)[C@@H]1CCCN1. The third kappa shape index (κ3) is 5.53. The first-order valence-electron chi connectivity index (χ1n) is 8.29. The van der Waals surface area contributed by atoms with E-state index in [0.29, 0.717) is 6.42 Å². The van der Waals surface area contributed by atoms with Crippen LogP contribution in [-0.2, 0) is 20.7 Å². The molecular formula is C18H26N2O4. The fourth-order valence-electron chi connectivity index (χ4n) is 2.61. The molecule has 0 saturated carbocycles. The van der Waals surface area contributed by atoms with Crippen LogP contribution in [-0.4, -0.2) is 41.2 Å². The number of carbonyl (C=O) groups excluding carboxylic acids is 2. The molecule has 0 radical (unpaired) electrons. The van der Waals surface area contributed by atoms with E-state index in [9.17, 15) is 14.7 Å². The van der Waals surface area contributed by atoms with E-state index in [4.69, 9.17) is 4.74 Å². The standard InChI is InChI=1S/C18H26N2O4/c1-18(2,3)24-17(23)15(11-12-6-8-13(21)9-7-12)20-16(22)14-5-4-10-19-14/h6-9,14-15,19,21H,4-5,10-11H2,1-3H3,(H,20,22)/t14-,15-/m0/s1. The van der Waals surface area contributed by atoms with Crippen molar-refractivity contribution >= 4 is 11.9 Å². The summed E-state index contributed by atoms with van der Waals surface area (Å²) < 4.78 is 5.44. The highest BCUT2D eigenvalue weighted by Crippen LogP contribution is 2.15. The molecule has 132 valence electrons. The van der Waals surface area contributed by atoms with Crippen molar-refractivity contribution in [2.75, 3.05) is 6.54 Å². The number of phenols is 1. The van der Waals surface area contributed by atoms with Gasteiger partial charge in [0.25, 0.3) is 0 Å². The molecule has 2 rings (SSSR count). The summed E-state index contributed by atoms with van der Waals surface area (Å²) in [6.45, 7) is 6.20. The summed E-state index contributed by atoms with van der Waals surface area (Å²) in [6, 6.07) is 5.56. The van der Waals surface area contributed by atoms with E-state index in [-0.39, 0.29) is 17.7 Å². The van der Waals surface area contributed by atoms with E-state index < -0.39 is 17.6 Å². The Morgan fingerprint density at radius 1 is 1.33 bits per heavy atom. The molecule has 0 spiro atoms. The summed E-state index contributed by atoms with van der Waals surface area (Å²) in [5, 5.41) is 15.3. The second kappa shape index (κ2) is 7.66. The normalized spacial score (nSPS) is 18.9. The maximum absolute atomic E-state index is 12.5. The van der Waals surface area contributed by atoms with Crippen LogP contribution in [0.25, 0.3) is 0 Å². The number of ether oxygens (including phenoxy) is 1. The van der Waals surface area contributed by atoms with Crippen molar-refractivity contribution in [3.63, 3.8) is 0 Å². The molecule has 1 heterocycles. The number of nitrogens with one attached hydrogen (secondary N) is 2. The molecule has 0 unspecified atom stereocenters. The average Bonchev–Trinajstić information content (AvgIpc) is 3.01. The number of esters is 1. The number of carbonyl (C=O) groups is 2. The number of hydrogen-bond donors (Lipinski definition) is 3. The molecule has 0 aromatic heterocycles. The first kappa shape index (κ1) is 18.3. The van der Waals surface area contributed by atoms with Crippen molar-refractivity contribution in [3.05, 3.63) is 29.8 Å². The van der Waals surface area contributed by atoms with Crippen molar-refractivity contribution in [1.82, 2.24) is 10.6 Å². The third-order valence-electron chi connectivity index (χ3n) is 3.76. The zero-order chi connectivity index (χ0) is 17.7. The quantitative estimate of drug-likeness (QED) is 0.711. The van der Waals surface area contributed by atoms with Crippen molar-refractivity contribution in [1.29, 1.82) is 0 Å². The number of aromatic hydroxyl groups is 1. The molecule has 1 saturated heterocycles. The van der Waals surface area contributed by atoms with E-state index in [1.54, 1.807) is 45.0 Å². The fourth-order valence-corrected chi connectivity index (χ4v) is 2.61. The zero-order valence-electron chi connectivity index (χ0n) is 14.5. The van der Waals surface area contributed by atoms with Crippen LogP contribution in [0.2, 0.25) is 0 Å². The zero-order valence-corrected chi connectivity index (χ0v) is 14.5. The summed E-state index contributed by atoms with van der Waals surface area (Å²) in [5.41, 5.74) is 0.212. The van der Waals surface area contributed by atoms with Gasteiger partial charge in [-0.25, -0.2) is 4.79 Å². The van der Waals surface area contributed by atoms with Gasteiger partial charge in [0.05, 0.1) is 6.04 Å². The van der Waals surface area contributed by atoms with E-state index in [0.717, 1.165) is 24.9 Å². The Morgan fingerprint density at radius 2 is 2.00 bits per heavy atom. The number of benzene rings is 1. The van der Waals surface area contributed by atoms with Crippen LogP contribution < -0.4 is 10.6 Å². The second-order valence-electron chi connectivity index (χ2n) is 7.11. The van der Waals surface area contributed by atoms with Crippen molar-refractivity contribution in [3.8, 4) is 5.75 Å². The van der Waals surface area contributed by atoms with Crippen LogP contribution in [0, 0.1) is 0 Å². The van der Waals surface area contributed by atoms with Crippen molar-refractivity contribution in [2.45, 2.75) is 57.7 Å². The third-order valence-corrected chi connectivity index (χ3v) is 3.76. The molecule has 2 atom stereocenters. The van der Waals surface area contributed by atoms with Gasteiger partial charge in [0.15, 0.2) is 0 Å². The Labute approximate surface area is 142 Å². The summed E-state index contributed by atoms with van der Waals surface area (Å²) >= 11 is 0. The summed E-state index contributed by atoms with van der Waals surface area (Å²) in [4.78, 5) is 24.8. The van der Waals surface area contributed by atoms with Gasteiger partial charge in [0, 0.05) is 6.42 Å². The van der Waals surface area contributed by atoms with Gasteiger partial charge < -0.3 is 20.5 Å². The van der Waals surface area contributed by atoms with Crippen molar-refractivity contribution in [2.24, 2.45) is 0 Å². The molecule has 1 fully saturated rings.